The standard InChI is InChI=1S/C22H27N3O6/c1-22(2,3)14-8-5-12(6-9-14)4-7-13-10-25(21(30)24-19(13)23)20-18(29)17(28)16(27)15(11-26)31-20/h5-6,8-10,15-18,20,26-29H,11H2,1-3H3,(H2,23,24,30)/t15-,16-,17+,18-,20-/m1/s1. The highest BCUT2D eigenvalue weighted by atomic mass is 16.6. The van der Waals surface area contributed by atoms with Crippen molar-refractivity contribution in [3.63, 3.8) is 0 Å². The number of benzene rings is 1. The van der Waals surface area contributed by atoms with Gasteiger partial charge in [-0.15, -0.1) is 0 Å². The summed E-state index contributed by atoms with van der Waals surface area (Å²) < 4.78 is 6.36. The number of hydrogen-bond acceptors (Lipinski definition) is 8. The number of aromatic nitrogens is 2. The van der Waals surface area contributed by atoms with Crippen LogP contribution in [0.3, 0.4) is 0 Å². The highest BCUT2D eigenvalue weighted by Gasteiger charge is 2.44. The number of nitrogen functional groups attached to an aromatic ring is 1. The Morgan fingerprint density at radius 2 is 1.74 bits per heavy atom. The van der Waals surface area contributed by atoms with Gasteiger partial charge in [-0.25, -0.2) is 4.79 Å². The number of nitrogens with two attached hydrogens (primary N) is 1. The monoisotopic (exact) mass is 429 g/mol. The van der Waals surface area contributed by atoms with Crippen molar-refractivity contribution in [1.29, 1.82) is 0 Å². The van der Waals surface area contributed by atoms with Crippen LogP contribution in [-0.2, 0) is 10.2 Å². The zero-order valence-corrected chi connectivity index (χ0v) is 17.6. The molecule has 1 aliphatic rings. The molecule has 2 heterocycles. The summed E-state index contributed by atoms with van der Waals surface area (Å²) in [7, 11) is 0. The fourth-order valence-electron chi connectivity index (χ4n) is 3.26. The zero-order chi connectivity index (χ0) is 22.9. The van der Waals surface area contributed by atoms with Gasteiger partial charge in [0.2, 0.25) is 0 Å². The molecule has 5 atom stereocenters. The van der Waals surface area contributed by atoms with Gasteiger partial charge in [-0.1, -0.05) is 44.7 Å². The largest absolute Gasteiger partial charge is 0.394 e. The molecule has 0 aliphatic carbocycles. The Morgan fingerprint density at radius 3 is 2.32 bits per heavy atom. The third kappa shape index (κ3) is 4.79. The molecular weight excluding hydrogens is 402 g/mol. The number of anilines is 1. The van der Waals surface area contributed by atoms with Crippen molar-refractivity contribution in [2.45, 2.75) is 56.8 Å². The molecule has 1 aromatic heterocycles. The average Bonchev–Trinajstić information content (AvgIpc) is 2.72. The number of hydrogen-bond donors (Lipinski definition) is 5. The second-order valence-electron chi connectivity index (χ2n) is 8.53. The summed E-state index contributed by atoms with van der Waals surface area (Å²) in [6, 6.07) is 7.73. The summed E-state index contributed by atoms with van der Waals surface area (Å²) >= 11 is 0. The van der Waals surface area contributed by atoms with Gasteiger partial charge in [-0.3, -0.25) is 4.57 Å². The smallest absolute Gasteiger partial charge is 0.351 e. The van der Waals surface area contributed by atoms with E-state index in [4.69, 9.17) is 10.5 Å². The van der Waals surface area contributed by atoms with Crippen LogP contribution in [0.25, 0.3) is 0 Å². The first-order valence-electron chi connectivity index (χ1n) is 9.84. The van der Waals surface area contributed by atoms with Crippen molar-refractivity contribution >= 4 is 5.82 Å². The van der Waals surface area contributed by atoms with Crippen LogP contribution in [0.2, 0.25) is 0 Å². The number of aliphatic hydroxyl groups is 4. The predicted molar refractivity (Wildman–Crippen MR) is 113 cm³/mol. The minimum Gasteiger partial charge on any atom is -0.394 e. The molecule has 1 saturated heterocycles. The van der Waals surface area contributed by atoms with Crippen molar-refractivity contribution in [2.24, 2.45) is 0 Å². The van der Waals surface area contributed by atoms with Crippen LogP contribution >= 0.6 is 0 Å². The van der Waals surface area contributed by atoms with E-state index in [1.54, 1.807) is 0 Å². The molecule has 0 saturated carbocycles. The van der Waals surface area contributed by atoms with E-state index >= 15 is 0 Å². The van der Waals surface area contributed by atoms with Gasteiger partial charge in [0.25, 0.3) is 0 Å². The Labute approximate surface area is 179 Å². The number of aliphatic hydroxyl groups excluding tert-OH is 4. The third-order valence-corrected chi connectivity index (χ3v) is 5.21. The Hall–Kier alpha value is -2.74. The van der Waals surface area contributed by atoms with Crippen LogP contribution in [0.5, 0.6) is 0 Å². The van der Waals surface area contributed by atoms with Gasteiger partial charge in [-0.05, 0) is 23.1 Å². The summed E-state index contributed by atoms with van der Waals surface area (Å²) in [5, 5.41) is 39.6. The minimum absolute atomic E-state index is 0.0151. The van der Waals surface area contributed by atoms with E-state index in [9.17, 15) is 25.2 Å². The van der Waals surface area contributed by atoms with Crippen LogP contribution in [0.1, 0.15) is 43.7 Å². The lowest BCUT2D eigenvalue weighted by atomic mass is 9.87. The predicted octanol–water partition coefficient (Wildman–Crippen LogP) is -0.505. The van der Waals surface area contributed by atoms with Crippen molar-refractivity contribution < 1.29 is 25.2 Å². The summed E-state index contributed by atoms with van der Waals surface area (Å²) in [4.78, 5) is 16.1. The first-order valence-corrected chi connectivity index (χ1v) is 9.84. The molecule has 1 fully saturated rings. The summed E-state index contributed by atoms with van der Waals surface area (Å²) in [6.45, 7) is 5.72. The van der Waals surface area contributed by atoms with E-state index in [2.05, 4.69) is 37.6 Å². The molecule has 3 rings (SSSR count). The van der Waals surface area contributed by atoms with Crippen molar-refractivity contribution in [3.8, 4) is 11.8 Å². The fraction of sp³-hybridized carbons (Fsp3) is 0.455. The van der Waals surface area contributed by atoms with Crippen LogP contribution < -0.4 is 11.4 Å². The Morgan fingerprint density at radius 1 is 1.10 bits per heavy atom. The lowest BCUT2D eigenvalue weighted by Gasteiger charge is -2.40. The lowest BCUT2D eigenvalue weighted by molar-refractivity contribution is -0.252. The molecule has 6 N–H and O–H groups in total. The molecule has 0 spiro atoms. The molecule has 9 nitrogen and oxygen atoms in total. The molecular formula is C22H27N3O6. The molecule has 0 radical (unpaired) electrons. The second kappa shape index (κ2) is 8.78. The maximum atomic E-state index is 12.4. The molecule has 166 valence electrons. The minimum atomic E-state index is -1.63. The van der Waals surface area contributed by atoms with Gasteiger partial charge in [0.1, 0.15) is 30.2 Å². The highest BCUT2D eigenvalue weighted by Crippen LogP contribution is 2.27. The van der Waals surface area contributed by atoms with Crippen LogP contribution in [0.15, 0.2) is 35.3 Å². The number of ether oxygens (including phenoxy) is 1. The molecule has 0 bridgehead atoms. The topological polar surface area (TPSA) is 151 Å². The van der Waals surface area contributed by atoms with Crippen molar-refractivity contribution in [3.05, 3.63) is 57.6 Å². The van der Waals surface area contributed by atoms with Gasteiger partial charge in [0, 0.05) is 11.8 Å². The summed E-state index contributed by atoms with van der Waals surface area (Å²) in [5.74, 6) is 5.72. The number of rotatable bonds is 2. The Kier molecular flexibility index (Phi) is 6.50. The van der Waals surface area contributed by atoms with Gasteiger partial charge < -0.3 is 30.9 Å². The van der Waals surface area contributed by atoms with E-state index < -0.39 is 42.9 Å². The summed E-state index contributed by atoms with van der Waals surface area (Å²) in [6.07, 6.45) is -6.08. The maximum absolute atomic E-state index is 12.4. The molecule has 2 aromatic rings. The zero-order valence-electron chi connectivity index (χ0n) is 17.6. The van der Waals surface area contributed by atoms with Crippen molar-refractivity contribution in [2.75, 3.05) is 12.3 Å². The van der Waals surface area contributed by atoms with Crippen LogP contribution in [0, 0.1) is 11.8 Å². The highest BCUT2D eigenvalue weighted by molar-refractivity contribution is 5.52. The van der Waals surface area contributed by atoms with Gasteiger partial charge in [-0.2, -0.15) is 4.98 Å². The van der Waals surface area contributed by atoms with Gasteiger partial charge in [0.05, 0.1) is 12.2 Å². The lowest BCUT2D eigenvalue weighted by Crippen LogP contribution is -2.57. The molecule has 31 heavy (non-hydrogen) atoms. The van der Waals surface area contributed by atoms with E-state index in [1.165, 1.54) is 6.20 Å². The van der Waals surface area contributed by atoms with Gasteiger partial charge in [0.15, 0.2) is 6.23 Å². The fourth-order valence-corrected chi connectivity index (χ4v) is 3.26. The molecule has 1 aromatic carbocycles. The first-order chi connectivity index (χ1) is 14.5. The van der Waals surface area contributed by atoms with Gasteiger partial charge >= 0.3 is 5.69 Å². The van der Waals surface area contributed by atoms with E-state index in [1.807, 2.05) is 24.3 Å². The maximum Gasteiger partial charge on any atom is 0.351 e. The van der Waals surface area contributed by atoms with Crippen molar-refractivity contribution in [1.82, 2.24) is 9.55 Å². The van der Waals surface area contributed by atoms with E-state index in [0.29, 0.717) is 0 Å². The number of nitrogens with zero attached hydrogens (tertiary/aromatic N) is 2. The molecule has 0 unspecified atom stereocenters. The van der Waals surface area contributed by atoms with E-state index in [-0.39, 0.29) is 16.8 Å². The second-order valence-corrected chi connectivity index (χ2v) is 8.53. The SMILES string of the molecule is CC(C)(C)c1ccc(C#Cc2cn([C@@H]3O[C@H](CO)[C@@H](O)[C@H](O)[C@H]3O)c(=O)nc2N)cc1. The molecule has 1 aliphatic heterocycles. The van der Waals surface area contributed by atoms with Crippen LogP contribution in [-0.4, -0.2) is 61.0 Å². The Bertz CT molecular complexity index is 1050. The molecule has 0 amide bonds. The van der Waals surface area contributed by atoms with E-state index in [0.717, 1.165) is 15.7 Å². The average molecular weight is 429 g/mol. The normalized spacial score (nSPS) is 26.2. The molecule has 9 heteroatoms. The summed E-state index contributed by atoms with van der Waals surface area (Å²) in [5.41, 5.74) is 7.14. The third-order valence-electron chi connectivity index (χ3n) is 5.21. The quantitative estimate of drug-likeness (QED) is 0.401. The first kappa shape index (κ1) is 22.9. The Balaban J connectivity index is 1.94. The van der Waals surface area contributed by atoms with Crippen LogP contribution in [0.4, 0.5) is 5.82 Å².